The van der Waals surface area contributed by atoms with Crippen molar-refractivity contribution < 1.29 is 4.74 Å². The maximum atomic E-state index is 5.70. The molecule has 0 heterocycles. The summed E-state index contributed by atoms with van der Waals surface area (Å²) in [5.74, 6) is 0.978. The molecule has 0 bridgehead atoms. The molecule has 2 N–H and O–H groups in total. The van der Waals surface area contributed by atoms with Crippen molar-refractivity contribution in [1.29, 1.82) is 0 Å². The Labute approximate surface area is 104 Å². The standard InChI is InChI=1S/C14H22N2O/c1-16(2)14-7-5-11-4-6-12(10-13(11)14)17-9-3-8-15/h4,6,10,14H,3,5,7-9,15H2,1-2H3. The van der Waals surface area contributed by atoms with E-state index in [0.29, 0.717) is 19.2 Å². The summed E-state index contributed by atoms with van der Waals surface area (Å²) < 4.78 is 5.70. The average molecular weight is 234 g/mol. The van der Waals surface area contributed by atoms with Crippen LogP contribution in [0.3, 0.4) is 0 Å². The molecule has 0 aromatic heterocycles. The van der Waals surface area contributed by atoms with Crippen molar-refractivity contribution in [2.45, 2.75) is 25.3 Å². The minimum absolute atomic E-state index is 0.544. The fourth-order valence-corrected chi connectivity index (χ4v) is 2.46. The molecule has 1 atom stereocenters. The van der Waals surface area contributed by atoms with Crippen LogP contribution in [0.25, 0.3) is 0 Å². The second-order valence-electron chi connectivity index (χ2n) is 4.87. The van der Waals surface area contributed by atoms with Crippen molar-refractivity contribution in [3.63, 3.8) is 0 Å². The molecule has 2 rings (SSSR count). The van der Waals surface area contributed by atoms with Crippen LogP contribution < -0.4 is 10.5 Å². The molecule has 0 radical (unpaired) electrons. The Balaban J connectivity index is 2.10. The summed E-state index contributed by atoms with van der Waals surface area (Å²) in [5.41, 5.74) is 8.36. The second kappa shape index (κ2) is 5.52. The van der Waals surface area contributed by atoms with Crippen molar-refractivity contribution in [3.8, 4) is 5.75 Å². The van der Waals surface area contributed by atoms with Crippen molar-refractivity contribution in [2.75, 3.05) is 27.2 Å². The van der Waals surface area contributed by atoms with Gasteiger partial charge in [-0.25, -0.2) is 0 Å². The zero-order valence-corrected chi connectivity index (χ0v) is 10.8. The molecule has 1 aliphatic carbocycles. The molecule has 0 amide bonds. The molecule has 1 aliphatic rings. The number of fused-ring (bicyclic) bond motifs is 1. The van der Waals surface area contributed by atoms with Crippen molar-refractivity contribution >= 4 is 0 Å². The quantitative estimate of drug-likeness (QED) is 0.792. The summed E-state index contributed by atoms with van der Waals surface area (Å²) in [6.45, 7) is 1.40. The van der Waals surface area contributed by atoms with Crippen LogP contribution in [0.5, 0.6) is 5.75 Å². The highest BCUT2D eigenvalue weighted by atomic mass is 16.5. The monoisotopic (exact) mass is 234 g/mol. The first kappa shape index (κ1) is 12.4. The van der Waals surface area contributed by atoms with Crippen LogP contribution in [0, 0.1) is 0 Å². The van der Waals surface area contributed by atoms with E-state index < -0.39 is 0 Å². The van der Waals surface area contributed by atoms with E-state index in [2.05, 4.69) is 37.2 Å². The summed E-state index contributed by atoms with van der Waals surface area (Å²) in [7, 11) is 4.28. The van der Waals surface area contributed by atoms with Gasteiger partial charge in [0.15, 0.2) is 0 Å². The van der Waals surface area contributed by atoms with Crippen LogP contribution in [-0.4, -0.2) is 32.1 Å². The second-order valence-corrected chi connectivity index (χ2v) is 4.87. The number of nitrogens with two attached hydrogens (primary N) is 1. The minimum Gasteiger partial charge on any atom is -0.494 e. The number of ether oxygens (including phenoxy) is 1. The first-order valence-electron chi connectivity index (χ1n) is 6.34. The molecule has 3 heteroatoms. The number of rotatable bonds is 5. The number of nitrogens with zero attached hydrogens (tertiary/aromatic N) is 1. The van der Waals surface area contributed by atoms with Gasteiger partial charge in [0.25, 0.3) is 0 Å². The molecule has 0 spiro atoms. The van der Waals surface area contributed by atoms with E-state index in [4.69, 9.17) is 10.5 Å². The Kier molecular flexibility index (Phi) is 4.02. The molecular weight excluding hydrogens is 212 g/mol. The van der Waals surface area contributed by atoms with E-state index in [1.807, 2.05) is 0 Å². The Bertz CT molecular complexity index is 376. The summed E-state index contributed by atoms with van der Waals surface area (Å²) in [6.07, 6.45) is 3.31. The number of hydrogen-bond acceptors (Lipinski definition) is 3. The Morgan fingerprint density at radius 2 is 2.24 bits per heavy atom. The van der Waals surface area contributed by atoms with Crippen molar-refractivity contribution in [3.05, 3.63) is 29.3 Å². The minimum atomic E-state index is 0.544. The molecule has 0 aliphatic heterocycles. The van der Waals surface area contributed by atoms with Gasteiger partial charge in [0.05, 0.1) is 6.61 Å². The summed E-state index contributed by atoms with van der Waals surface area (Å²) in [5, 5.41) is 0. The summed E-state index contributed by atoms with van der Waals surface area (Å²) in [4.78, 5) is 2.29. The topological polar surface area (TPSA) is 38.5 Å². The highest BCUT2D eigenvalue weighted by Crippen LogP contribution is 2.36. The van der Waals surface area contributed by atoms with Crippen LogP contribution in [-0.2, 0) is 6.42 Å². The normalized spacial score (nSPS) is 18.5. The molecule has 1 aromatic rings. The van der Waals surface area contributed by atoms with Gasteiger partial charge in [-0.3, -0.25) is 0 Å². The molecule has 94 valence electrons. The summed E-state index contributed by atoms with van der Waals surface area (Å²) in [6, 6.07) is 7.02. The first-order valence-corrected chi connectivity index (χ1v) is 6.34. The van der Waals surface area contributed by atoms with Gasteiger partial charge in [0.1, 0.15) is 5.75 Å². The molecule has 1 unspecified atom stereocenters. The van der Waals surface area contributed by atoms with E-state index >= 15 is 0 Å². The third-order valence-corrected chi connectivity index (χ3v) is 3.40. The SMILES string of the molecule is CN(C)C1CCc2ccc(OCCCN)cc21. The lowest BCUT2D eigenvalue weighted by Crippen LogP contribution is -2.17. The van der Waals surface area contributed by atoms with E-state index in [9.17, 15) is 0 Å². The molecule has 1 aromatic carbocycles. The lowest BCUT2D eigenvalue weighted by molar-refractivity contribution is 0.294. The zero-order valence-electron chi connectivity index (χ0n) is 10.8. The maximum absolute atomic E-state index is 5.70. The van der Waals surface area contributed by atoms with Crippen LogP contribution >= 0.6 is 0 Å². The maximum Gasteiger partial charge on any atom is 0.119 e. The highest BCUT2D eigenvalue weighted by molar-refractivity contribution is 5.40. The number of hydrogen-bond donors (Lipinski definition) is 1. The van der Waals surface area contributed by atoms with Gasteiger partial charge < -0.3 is 15.4 Å². The fraction of sp³-hybridized carbons (Fsp3) is 0.571. The Morgan fingerprint density at radius 3 is 2.94 bits per heavy atom. The molecular formula is C14H22N2O. The summed E-state index contributed by atoms with van der Waals surface area (Å²) >= 11 is 0. The van der Waals surface area contributed by atoms with E-state index in [1.165, 1.54) is 24.0 Å². The molecule has 3 nitrogen and oxygen atoms in total. The van der Waals surface area contributed by atoms with Crippen molar-refractivity contribution in [1.82, 2.24) is 4.90 Å². The van der Waals surface area contributed by atoms with Gasteiger partial charge in [-0.15, -0.1) is 0 Å². The Hall–Kier alpha value is -1.06. The van der Waals surface area contributed by atoms with Crippen LogP contribution in [0.4, 0.5) is 0 Å². The van der Waals surface area contributed by atoms with Crippen LogP contribution in [0.2, 0.25) is 0 Å². The van der Waals surface area contributed by atoms with E-state index in [0.717, 1.165) is 12.2 Å². The number of benzene rings is 1. The van der Waals surface area contributed by atoms with Gasteiger partial charge in [-0.05, 0) is 63.2 Å². The van der Waals surface area contributed by atoms with Gasteiger partial charge in [-0.2, -0.15) is 0 Å². The largest absolute Gasteiger partial charge is 0.494 e. The lowest BCUT2D eigenvalue weighted by Gasteiger charge is -2.20. The predicted octanol–water partition coefficient (Wildman–Crippen LogP) is 1.96. The van der Waals surface area contributed by atoms with Crippen LogP contribution in [0.15, 0.2) is 18.2 Å². The van der Waals surface area contributed by atoms with Gasteiger partial charge in [-0.1, -0.05) is 6.07 Å². The van der Waals surface area contributed by atoms with Gasteiger partial charge >= 0.3 is 0 Å². The molecule has 0 saturated carbocycles. The number of aryl methyl sites for hydroxylation is 1. The fourth-order valence-electron chi connectivity index (χ4n) is 2.46. The van der Waals surface area contributed by atoms with E-state index in [1.54, 1.807) is 0 Å². The molecule has 0 saturated heterocycles. The zero-order chi connectivity index (χ0) is 12.3. The first-order chi connectivity index (χ1) is 8.22. The van der Waals surface area contributed by atoms with Gasteiger partial charge in [0, 0.05) is 6.04 Å². The third-order valence-electron chi connectivity index (χ3n) is 3.40. The highest BCUT2D eigenvalue weighted by Gasteiger charge is 2.24. The Morgan fingerprint density at radius 1 is 1.41 bits per heavy atom. The predicted molar refractivity (Wildman–Crippen MR) is 70.4 cm³/mol. The third kappa shape index (κ3) is 2.79. The average Bonchev–Trinajstić information content (AvgIpc) is 2.72. The molecule has 0 fully saturated rings. The van der Waals surface area contributed by atoms with Crippen molar-refractivity contribution in [2.24, 2.45) is 5.73 Å². The van der Waals surface area contributed by atoms with Gasteiger partial charge in [0.2, 0.25) is 0 Å². The molecule has 17 heavy (non-hydrogen) atoms. The van der Waals surface area contributed by atoms with Crippen LogP contribution in [0.1, 0.15) is 30.0 Å². The van der Waals surface area contributed by atoms with E-state index in [-0.39, 0.29) is 0 Å². The lowest BCUT2D eigenvalue weighted by atomic mass is 10.1. The smallest absolute Gasteiger partial charge is 0.119 e.